The molecular weight excluding hydrogens is 252 g/mol. The van der Waals surface area contributed by atoms with E-state index in [2.05, 4.69) is 0 Å². The number of hydrogen-bond donors (Lipinski definition) is 1. The second-order valence-corrected chi connectivity index (χ2v) is 8.36. The van der Waals surface area contributed by atoms with Crippen LogP contribution >= 0.6 is 0 Å². The summed E-state index contributed by atoms with van der Waals surface area (Å²) in [6.07, 6.45) is 0. The predicted molar refractivity (Wildman–Crippen MR) is 59.4 cm³/mol. The average Bonchev–Trinajstić information content (AvgIpc) is 1.97. The summed E-state index contributed by atoms with van der Waals surface area (Å²) in [5.41, 5.74) is 1.43. The fraction of sp³-hybridized carbons (Fsp3) is 0.333. The van der Waals surface area contributed by atoms with Crippen LogP contribution < -0.4 is 0 Å². The third kappa shape index (κ3) is 2.11. The van der Waals surface area contributed by atoms with Crippen molar-refractivity contribution >= 4 is 18.0 Å². The van der Waals surface area contributed by atoms with Gasteiger partial charge < -0.3 is 0 Å². The van der Waals surface area contributed by atoms with E-state index in [-0.39, 0.29) is 4.90 Å². The first kappa shape index (κ1) is 13.1. The fourth-order valence-corrected chi connectivity index (χ4v) is 4.20. The van der Waals surface area contributed by atoms with Crippen LogP contribution in [0.4, 0.5) is 0 Å². The zero-order valence-electron chi connectivity index (χ0n) is 9.05. The molecule has 0 spiro atoms. The quantitative estimate of drug-likeness (QED) is 0.640. The van der Waals surface area contributed by atoms with Gasteiger partial charge in [-0.25, -0.2) is 8.42 Å². The summed E-state index contributed by atoms with van der Waals surface area (Å²) in [6.45, 7) is 4.74. The number of aryl methyl sites for hydroxylation is 3. The Morgan fingerprint density at radius 3 is 1.62 bits per heavy atom. The Hall–Kier alpha value is -0.920. The fourth-order valence-electron chi connectivity index (χ4n) is 1.67. The topological polar surface area (TPSA) is 88.5 Å². The lowest BCUT2D eigenvalue weighted by Crippen LogP contribution is -2.17. The van der Waals surface area contributed by atoms with E-state index in [0.717, 1.165) is 5.56 Å². The normalized spacial score (nSPS) is 12.8. The molecule has 0 aliphatic rings. The van der Waals surface area contributed by atoms with Crippen molar-refractivity contribution in [2.45, 2.75) is 25.7 Å². The summed E-state index contributed by atoms with van der Waals surface area (Å²) < 4.78 is 53.5. The van der Waals surface area contributed by atoms with Crippen molar-refractivity contribution in [2.24, 2.45) is 0 Å². The van der Waals surface area contributed by atoms with Crippen LogP contribution in [0.2, 0.25) is 0 Å². The molecule has 1 N–H and O–H groups in total. The zero-order valence-corrected chi connectivity index (χ0v) is 10.7. The molecule has 0 aliphatic heterocycles. The summed E-state index contributed by atoms with van der Waals surface area (Å²) in [6, 6.07) is 3.09. The van der Waals surface area contributed by atoms with Crippen LogP contribution in [0.15, 0.2) is 17.0 Å². The lowest BCUT2D eigenvalue weighted by Gasteiger charge is -2.09. The lowest BCUT2D eigenvalue weighted by molar-refractivity contribution is 0.492. The van der Waals surface area contributed by atoms with Gasteiger partial charge in [-0.1, -0.05) is 17.7 Å². The van der Waals surface area contributed by atoms with Crippen molar-refractivity contribution in [1.82, 2.24) is 0 Å². The highest BCUT2D eigenvalue weighted by molar-refractivity contribution is 8.65. The molecule has 0 bridgehead atoms. The zero-order chi connectivity index (χ0) is 12.7. The number of hydrogen-bond acceptors (Lipinski definition) is 4. The molecule has 0 saturated heterocycles. The Kier molecular flexibility index (Phi) is 3.15. The van der Waals surface area contributed by atoms with E-state index >= 15 is 0 Å². The van der Waals surface area contributed by atoms with Gasteiger partial charge in [-0.05, 0) is 31.9 Å². The van der Waals surface area contributed by atoms with Gasteiger partial charge in [0.15, 0.2) is 0 Å². The van der Waals surface area contributed by atoms with E-state index in [1.807, 2.05) is 0 Å². The van der Waals surface area contributed by atoms with E-state index in [1.54, 1.807) is 19.1 Å². The molecule has 90 valence electrons. The van der Waals surface area contributed by atoms with Gasteiger partial charge in [0.1, 0.15) is 0 Å². The van der Waals surface area contributed by atoms with Crippen molar-refractivity contribution in [2.75, 3.05) is 0 Å². The van der Waals surface area contributed by atoms with Crippen LogP contribution in [0.3, 0.4) is 0 Å². The first-order chi connectivity index (χ1) is 7.07. The third-order valence-electron chi connectivity index (χ3n) is 2.13. The molecule has 1 aromatic carbocycles. The standard InChI is InChI=1S/C9H12O5S2/c1-6-4-7(2)9(8(3)5-6)15(10,11)16(12,13)14/h4-5H,1-3H3,(H,12,13,14). The third-order valence-corrected chi connectivity index (χ3v) is 5.99. The summed E-state index contributed by atoms with van der Waals surface area (Å²) in [7, 11) is -9.87. The molecule has 0 fully saturated rings. The van der Waals surface area contributed by atoms with Crippen LogP contribution in [0.1, 0.15) is 16.7 Å². The summed E-state index contributed by atoms with van der Waals surface area (Å²) >= 11 is 0. The molecule has 7 heteroatoms. The van der Waals surface area contributed by atoms with Crippen molar-refractivity contribution in [3.63, 3.8) is 0 Å². The van der Waals surface area contributed by atoms with Gasteiger partial charge in [-0.3, -0.25) is 4.55 Å². The molecule has 0 heterocycles. The minimum atomic E-state index is -5.14. The predicted octanol–water partition coefficient (Wildman–Crippen LogP) is 1.19. The van der Waals surface area contributed by atoms with Gasteiger partial charge in [-0.2, -0.15) is 8.42 Å². The van der Waals surface area contributed by atoms with Crippen LogP contribution in [-0.2, 0) is 18.0 Å². The van der Waals surface area contributed by atoms with Gasteiger partial charge in [0.25, 0.3) is 0 Å². The van der Waals surface area contributed by atoms with E-state index in [9.17, 15) is 16.8 Å². The van der Waals surface area contributed by atoms with E-state index in [4.69, 9.17) is 4.55 Å². The molecule has 1 aromatic rings. The summed E-state index contributed by atoms with van der Waals surface area (Å²) in [5.74, 6) is 0. The van der Waals surface area contributed by atoms with Crippen LogP contribution in [0.5, 0.6) is 0 Å². The molecule has 0 aliphatic carbocycles. The first-order valence-corrected chi connectivity index (χ1v) is 7.81. The average molecular weight is 264 g/mol. The number of benzene rings is 1. The maximum atomic E-state index is 11.6. The monoisotopic (exact) mass is 264 g/mol. The molecule has 0 atom stereocenters. The summed E-state index contributed by atoms with van der Waals surface area (Å²) in [4.78, 5) is -0.347. The lowest BCUT2D eigenvalue weighted by atomic mass is 10.1. The van der Waals surface area contributed by atoms with Crippen LogP contribution in [0, 0.1) is 20.8 Å². The SMILES string of the molecule is Cc1cc(C)c(S(=O)(=O)S(=O)(=O)O)c(C)c1. The van der Waals surface area contributed by atoms with Crippen LogP contribution in [-0.4, -0.2) is 21.4 Å². The van der Waals surface area contributed by atoms with E-state index < -0.39 is 18.0 Å². The van der Waals surface area contributed by atoms with Crippen molar-refractivity contribution < 1.29 is 21.4 Å². The molecule has 1 rings (SSSR count). The van der Waals surface area contributed by atoms with E-state index in [1.165, 1.54) is 13.8 Å². The van der Waals surface area contributed by atoms with Crippen LogP contribution in [0.25, 0.3) is 0 Å². The summed E-state index contributed by atoms with van der Waals surface area (Å²) in [5, 5.41) is 0. The van der Waals surface area contributed by atoms with E-state index in [0.29, 0.717) is 11.1 Å². The molecular formula is C9H12O5S2. The Morgan fingerprint density at radius 1 is 0.938 bits per heavy atom. The minimum Gasteiger partial charge on any atom is -0.273 e. The highest BCUT2D eigenvalue weighted by atomic mass is 33.2. The highest BCUT2D eigenvalue weighted by Gasteiger charge is 2.32. The molecule has 0 saturated carbocycles. The Bertz CT molecular complexity index is 603. The maximum absolute atomic E-state index is 11.6. The van der Waals surface area contributed by atoms with Gasteiger partial charge in [0.2, 0.25) is 0 Å². The second kappa shape index (κ2) is 3.83. The Labute approximate surface area is 94.2 Å². The van der Waals surface area contributed by atoms with Gasteiger partial charge in [0.05, 0.1) is 4.90 Å². The Morgan fingerprint density at radius 2 is 1.31 bits per heavy atom. The Balaban J connectivity index is 3.73. The van der Waals surface area contributed by atoms with Gasteiger partial charge in [-0.15, -0.1) is 0 Å². The number of rotatable bonds is 2. The van der Waals surface area contributed by atoms with Gasteiger partial charge in [0, 0.05) is 0 Å². The molecule has 0 amide bonds. The second-order valence-electron chi connectivity index (χ2n) is 3.61. The molecule has 0 unspecified atom stereocenters. The molecule has 16 heavy (non-hydrogen) atoms. The minimum absolute atomic E-state index is 0.301. The smallest absolute Gasteiger partial charge is 0.273 e. The molecule has 5 nitrogen and oxygen atoms in total. The largest absolute Gasteiger partial charge is 0.377 e. The van der Waals surface area contributed by atoms with Crippen molar-refractivity contribution in [3.8, 4) is 0 Å². The highest BCUT2D eigenvalue weighted by Crippen LogP contribution is 2.25. The first-order valence-electron chi connectivity index (χ1n) is 4.37. The molecule has 0 radical (unpaired) electrons. The van der Waals surface area contributed by atoms with Crippen molar-refractivity contribution in [1.29, 1.82) is 0 Å². The van der Waals surface area contributed by atoms with Gasteiger partial charge >= 0.3 is 18.0 Å². The van der Waals surface area contributed by atoms with Crippen molar-refractivity contribution in [3.05, 3.63) is 28.8 Å². The maximum Gasteiger partial charge on any atom is 0.377 e. The molecule has 0 aromatic heterocycles.